The Hall–Kier alpha value is -2.70. The zero-order valence-corrected chi connectivity index (χ0v) is 20.7. The lowest BCUT2D eigenvalue weighted by Gasteiger charge is -2.35. The number of hydrogen-bond acceptors (Lipinski definition) is 5. The molecule has 1 aliphatic heterocycles. The number of carbonyl (C=O) groups is 2. The summed E-state index contributed by atoms with van der Waals surface area (Å²) in [4.78, 5) is 28.3. The van der Waals surface area contributed by atoms with E-state index in [1.165, 1.54) is 19.2 Å². The lowest BCUT2D eigenvalue weighted by Crippen LogP contribution is -2.40. The number of aliphatic hydroxyl groups excluding tert-OH is 1. The number of carbonyl (C=O) groups excluding carboxylic acids is 2. The summed E-state index contributed by atoms with van der Waals surface area (Å²) >= 11 is 12.5. The van der Waals surface area contributed by atoms with E-state index in [9.17, 15) is 14.7 Å². The predicted molar refractivity (Wildman–Crippen MR) is 132 cm³/mol. The SMILES string of the molecule is CCOc1ccc(C2/C(=C(\O)c3cc(Cl)cc(Cl)c3OC)C(=O)C(=O)N2C2CCCCC2)cc1. The van der Waals surface area contributed by atoms with Crippen LogP contribution in [-0.2, 0) is 9.59 Å². The highest BCUT2D eigenvalue weighted by atomic mass is 35.5. The minimum Gasteiger partial charge on any atom is -0.507 e. The molecule has 0 spiro atoms. The molecule has 1 aliphatic carbocycles. The topological polar surface area (TPSA) is 76.1 Å². The van der Waals surface area contributed by atoms with E-state index in [-0.39, 0.29) is 38.7 Å². The maximum absolute atomic E-state index is 13.4. The molecule has 2 aromatic rings. The third kappa shape index (κ3) is 4.49. The van der Waals surface area contributed by atoms with Crippen LogP contribution in [0.4, 0.5) is 0 Å². The Balaban J connectivity index is 1.90. The third-order valence-electron chi connectivity index (χ3n) is 6.42. The van der Waals surface area contributed by atoms with E-state index in [0.717, 1.165) is 32.1 Å². The number of aliphatic hydroxyl groups is 1. The summed E-state index contributed by atoms with van der Waals surface area (Å²) < 4.78 is 10.9. The summed E-state index contributed by atoms with van der Waals surface area (Å²) in [7, 11) is 1.41. The Bertz CT molecular complexity index is 1120. The third-order valence-corrected chi connectivity index (χ3v) is 6.92. The summed E-state index contributed by atoms with van der Waals surface area (Å²) in [6.07, 6.45) is 4.70. The van der Waals surface area contributed by atoms with Gasteiger partial charge >= 0.3 is 0 Å². The highest BCUT2D eigenvalue weighted by Gasteiger charge is 2.49. The Morgan fingerprint density at radius 2 is 1.76 bits per heavy atom. The fourth-order valence-electron chi connectivity index (χ4n) is 4.91. The number of benzene rings is 2. The van der Waals surface area contributed by atoms with Crippen molar-refractivity contribution in [2.24, 2.45) is 0 Å². The van der Waals surface area contributed by atoms with Gasteiger partial charge in [0.1, 0.15) is 17.3 Å². The molecule has 2 aromatic carbocycles. The van der Waals surface area contributed by atoms with E-state index in [2.05, 4.69) is 0 Å². The molecule has 2 fully saturated rings. The van der Waals surface area contributed by atoms with Crippen molar-refractivity contribution in [3.63, 3.8) is 0 Å². The molecule has 0 radical (unpaired) electrons. The molecule has 4 rings (SSSR count). The minimum absolute atomic E-state index is 0.00336. The predicted octanol–water partition coefficient (Wildman–Crippen LogP) is 6.16. The molecule has 34 heavy (non-hydrogen) atoms. The van der Waals surface area contributed by atoms with E-state index in [4.69, 9.17) is 32.7 Å². The molecular weight excluding hydrogens is 477 g/mol. The van der Waals surface area contributed by atoms with Crippen molar-refractivity contribution >= 4 is 40.7 Å². The Morgan fingerprint density at radius 1 is 1.09 bits per heavy atom. The Labute approximate surface area is 209 Å². The van der Waals surface area contributed by atoms with E-state index >= 15 is 0 Å². The number of halogens is 2. The number of nitrogens with zero attached hydrogens (tertiary/aromatic N) is 1. The molecule has 2 aliphatic rings. The molecule has 1 atom stereocenters. The van der Waals surface area contributed by atoms with Crippen LogP contribution in [0.15, 0.2) is 42.0 Å². The fourth-order valence-corrected chi connectivity index (χ4v) is 5.49. The molecule has 6 nitrogen and oxygen atoms in total. The van der Waals surface area contributed by atoms with Crippen molar-refractivity contribution < 1.29 is 24.2 Å². The number of Topliss-reactive ketones (excluding diaryl/α,β-unsaturated/α-hetero) is 1. The Kier molecular flexibility index (Phi) is 7.39. The molecule has 180 valence electrons. The van der Waals surface area contributed by atoms with Crippen LogP contribution in [0.2, 0.25) is 10.0 Å². The molecule has 1 N–H and O–H groups in total. The maximum atomic E-state index is 13.4. The van der Waals surface area contributed by atoms with Gasteiger partial charge in [0.15, 0.2) is 0 Å². The van der Waals surface area contributed by atoms with Crippen LogP contribution in [0.5, 0.6) is 11.5 Å². The van der Waals surface area contributed by atoms with Gasteiger partial charge < -0.3 is 19.5 Å². The zero-order valence-electron chi connectivity index (χ0n) is 19.1. The van der Waals surface area contributed by atoms with Crippen LogP contribution < -0.4 is 9.47 Å². The van der Waals surface area contributed by atoms with Gasteiger partial charge in [-0.2, -0.15) is 0 Å². The number of amides is 1. The highest BCUT2D eigenvalue weighted by Crippen LogP contribution is 2.45. The summed E-state index contributed by atoms with van der Waals surface area (Å²) in [6, 6.07) is 9.39. The van der Waals surface area contributed by atoms with Crippen molar-refractivity contribution in [3.8, 4) is 11.5 Å². The molecule has 1 unspecified atom stereocenters. The van der Waals surface area contributed by atoms with Gasteiger partial charge in [-0.25, -0.2) is 0 Å². The maximum Gasteiger partial charge on any atom is 0.295 e. The van der Waals surface area contributed by atoms with Gasteiger partial charge in [0, 0.05) is 11.1 Å². The number of likely N-dealkylation sites (tertiary alicyclic amines) is 1. The van der Waals surface area contributed by atoms with Gasteiger partial charge in [0.25, 0.3) is 11.7 Å². The van der Waals surface area contributed by atoms with Crippen molar-refractivity contribution in [1.82, 2.24) is 4.90 Å². The summed E-state index contributed by atoms with van der Waals surface area (Å²) in [6.45, 7) is 2.42. The fraction of sp³-hybridized carbons (Fsp3) is 0.385. The first kappa shape index (κ1) is 24.4. The van der Waals surface area contributed by atoms with Gasteiger partial charge in [-0.05, 0) is 49.6 Å². The molecule has 0 aromatic heterocycles. The molecule has 0 bridgehead atoms. The van der Waals surface area contributed by atoms with Crippen molar-refractivity contribution in [2.45, 2.75) is 51.1 Å². The lowest BCUT2D eigenvalue weighted by molar-refractivity contribution is -0.141. The number of ether oxygens (including phenoxy) is 2. The molecule has 1 saturated heterocycles. The molecule has 8 heteroatoms. The average molecular weight is 504 g/mol. The monoisotopic (exact) mass is 503 g/mol. The molecule has 1 amide bonds. The van der Waals surface area contributed by atoms with Gasteiger partial charge in [0.2, 0.25) is 0 Å². The van der Waals surface area contributed by atoms with Crippen LogP contribution >= 0.6 is 23.2 Å². The normalized spacial score (nSPS) is 20.6. The molecule has 1 heterocycles. The Morgan fingerprint density at radius 3 is 2.38 bits per heavy atom. The highest BCUT2D eigenvalue weighted by molar-refractivity contribution is 6.47. The number of rotatable bonds is 6. The van der Waals surface area contributed by atoms with E-state index < -0.39 is 17.7 Å². The molecule has 1 saturated carbocycles. The average Bonchev–Trinajstić information content (AvgIpc) is 3.10. The second-order valence-electron chi connectivity index (χ2n) is 8.47. The van der Waals surface area contributed by atoms with Crippen LogP contribution in [-0.4, -0.2) is 41.5 Å². The summed E-state index contributed by atoms with van der Waals surface area (Å²) in [5.74, 6) is -0.849. The number of ketones is 1. The molecular formula is C26H27Cl2NO5. The minimum atomic E-state index is -0.749. The first-order valence-corrected chi connectivity index (χ1v) is 12.2. The van der Waals surface area contributed by atoms with E-state index in [1.807, 2.05) is 19.1 Å². The quantitative estimate of drug-likeness (QED) is 0.290. The van der Waals surface area contributed by atoms with Crippen LogP contribution in [0.25, 0.3) is 5.76 Å². The summed E-state index contributed by atoms with van der Waals surface area (Å²) in [5, 5.41) is 11.9. The van der Waals surface area contributed by atoms with Crippen molar-refractivity contribution in [2.75, 3.05) is 13.7 Å². The van der Waals surface area contributed by atoms with Crippen molar-refractivity contribution in [3.05, 3.63) is 63.1 Å². The first-order valence-electron chi connectivity index (χ1n) is 11.4. The standard InChI is InChI=1S/C26H27Cl2NO5/c1-3-34-18-11-9-15(10-12-18)22-21(23(30)19-13-16(27)14-20(28)25(19)33-2)24(31)26(32)29(22)17-7-5-4-6-8-17/h9-14,17,22,30H,3-8H2,1-2H3/b23-21+. The number of methoxy groups -OCH3 is 1. The van der Waals surface area contributed by atoms with Crippen LogP contribution in [0, 0.1) is 0 Å². The van der Waals surface area contributed by atoms with E-state index in [0.29, 0.717) is 17.9 Å². The second kappa shape index (κ2) is 10.3. The number of hydrogen-bond donors (Lipinski definition) is 1. The van der Waals surface area contributed by atoms with Gasteiger partial charge in [-0.15, -0.1) is 0 Å². The second-order valence-corrected chi connectivity index (χ2v) is 9.31. The van der Waals surface area contributed by atoms with Crippen LogP contribution in [0.1, 0.15) is 56.2 Å². The largest absolute Gasteiger partial charge is 0.507 e. The summed E-state index contributed by atoms with van der Waals surface area (Å²) in [5.41, 5.74) is 0.871. The zero-order chi connectivity index (χ0) is 24.4. The lowest BCUT2D eigenvalue weighted by atomic mass is 9.91. The van der Waals surface area contributed by atoms with Crippen molar-refractivity contribution in [1.29, 1.82) is 0 Å². The first-order chi connectivity index (χ1) is 16.4. The van der Waals surface area contributed by atoms with Gasteiger partial charge in [-0.1, -0.05) is 54.6 Å². The van der Waals surface area contributed by atoms with Gasteiger partial charge in [0.05, 0.1) is 35.9 Å². The smallest absolute Gasteiger partial charge is 0.295 e. The van der Waals surface area contributed by atoms with Gasteiger partial charge in [-0.3, -0.25) is 9.59 Å². The van der Waals surface area contributed by atoms with E-state index in [1.54, 1.807) is 17.0 Å². The van der Waals surface area contributed by atoms with Crippen LogP contribution in [0.3, 0.4) is 0 Å².